The van der Waals surface area contributed by atoms with Gasteiger partial charge < -0.3 is 19.5 Å². The van der Waals surface area contributed by atoms with Gasteiger partial charge in [-0.2, -0.15) is 15.0 Å². The molecule has 1 aliphatic rings. The number of para-hydroxylation sites is 2. The minimum atomic E-state index is 0.355. The molecule has 2 N–H and O–H groups in total. The van der Waals surface area contributed by atoms with Crippen LogP contribution in [0.25, 0.3) is 0 Å². The average Bonchev–Trinajstić information content (AvgIpc) is 3.31. The molecule has 0 atom stereocenters. The number of aromatic nitrogens is 4. The topological polar surface area (TPSA) is 95.2 Å². The third kappa shape index (κ3) is 5.34. The van der Waals surface area contributed by atoms with E-state index >= 15 is 0 Å². The zero-order valence-corrected chi connectivity index (χ0v) is 20.3. The lowest BCUT2D eigenvalue weighted by atomic mass is 10.1. The summed E-state index contributed by atoms with van der Waals surface area (Å²) in [7, 11) is 0. The highest BCUT2D eigenvalue weighted by Gasteiger charge is 2.20. The Morgan fingerprint density at radius 1 is 0.829 bits per heavy atom. The van der Waals surface area contributed by atoms with Gasteiger partial charge in [-0.3, -0.25) is 5.32 Å². The molecular formula is C26H30N8O. The van der Waals surface area contributed by atoms with E-state index in [1.54, 1.807) is 6.20 Å². The largest absolute Gasteiger partial charge is 0.427 e. The highest BCUT2D eigenvalue weighted by Crippen LogP contribution is 2.22. The van der Waals surface area contributed by atoms with Crippen LogP contribution >= 0.6 is 0 Å². The van der Waals surface area contributed by atoms with Gasteiger partial charge in [0.25, 0.3) is 0 Å². The van der Waals surface area contributed by atoms with Crippen LogP contribution in [0.2, 0.25) is 0 Å². The normalized spacial score (nSPS) is 13.7. The lowest BCUT2D eigenvalue weighted by molar-refractivity contribution is 0.528. The monoisotopic (exact) mass is 470 g/mol. The summed E-state index contributed by atoms with van der Waals surface area (Å²) < 4.78 is 5.87. The van der Waals surface area contributed by atoms with Crippen LogP contribution in [0.1, 0.15) is 22.7 Å². The summed E-state index contributed by atoms with van der Waals surface area (Å²) in [6.07, 6.45) is 1.71. The Morgan fingerprint density at radius 2 is 1.54 bits per heavy atom. The molecule has 9 heteroatoms. The second kappa shape index (κ2) is 10.0. The molecule has 0 saturated carbocycles. The number of oxazole rings is 1. The Kier molecular flexibility index (Phi) is 6.47. The van der Waals surface area contributed by atoms with Gasteiger partial charge in [-0.25, -0.2) is 4.98 Å². The zero-order chi connectivity index (χ0) is 24.2. The second-order valence-electron chi connectivity index (χ2n) is 8.69. The van der Waals surface area contributed by atoms with E-state index in [9.17, 15) is 0 Å². The Balaban J connectivity index is 1.22. The van der Waals surface area contributed by atoms with E-state index in [4.69, 9.17) is 4.42 Å². The summed E-state index contributed by atoms with van der Waals surface area (Å²) in [4.78, 5) is 22.5. The van der Waals surface area contributed by atoms with Gasteiger partial charge in [-0.1, -0.05) is 36.4 Å². The number of hydrogen-bond donors (Lipinski definition) is 2. The first-order valence-electron chi connectivity index (χ1n) is 11.8. The van der Waals surface area contributed by atoms with Crippen molar-refractivity contribution in [1.29, 1.82) is 0 Å². The van der Waals surface area contributed by atoms with Gasteiger partial charge in [0.15, 0.2) is 0 Å². The molecule has 2 aromatic heterocycles. The van der Waals surface area contributed by atoms with Crippen molar-refractivity contribution in [3.05, 3.63) is 77.4 Å². The number of piperazine rings is 1. The van der Waals surface area contributed by atoms with Crippen LogP contribution in [0.5, 0.6) is 0 Å². The van der Waals surface area contributed by atoms with Crippen LogP contribution in [0.4, 0.5) is 29.3 Å². The third-order valence-corrected chi connectivity index (χ3v) is 6.11. The minimum absolute atomic E-state index is 0.355. The summed E-state index contributed by atoms with van der Waals surface area (Å²) in [6.45, 7) is 10.1. The number of benzene rings is 2. The van der Waals surface area contributed by atoms with E-state index in [1.165, 1.54) is 16.8 Å². The van der Waals surface area contributed by atoms with Crippen LogP contribution in [0, 0.1) is 20.8 Å². The minimum Gasteiger partial charge on any atom is -0.427 e. The maximum absolute atomic E-state index is 5.87. The summed E-state index contributed by atoms with van der Waals surface area (Å²) in [5, 5.41) is 6.53. The van der Waals surface area contributed by atoms with Crippen molar-refractivity contribution < 1.29 is 4.42 Å². The van der Waals surface area contributed by atoms with Crippen LogP contribution < -0.4 is 20.4 Å². The molecule has 0 spiro atoms. The molecule has 0 unspecified atom stereocenters. The van der Waals surface area contributed by atoms with Crippen LogP contribution in [-0.2, 0) is 6.54 Å². The molecule has 1 saturated heterocycles. The average molecular weight is 471 g/mol. The molecule has 9 nitrogen and oxygen atoms in total. The Labute approximate surface area is 205 Å². The molecule has 3 heterocycles. The van der Waals surface area contributed by atoms with Crippen LogP contribution in [0.3, 0.4) is 0 Å². The SMILES string of the molecule is Cc1nc(Nc2ncc(CNc3c(C)cccc3C)o2)nc(N2CCN(c3ccccc3)CC2)n1. The first kappa shape index (κ1) is 22.6. The number of aryl methyl sites for hydroxylation is 3. The first-order valence-corrected chi connectivity index (χ1v) is 11.8. The van der Waals surface area contributed by atoms with E-state index in [0.29, 0.717) is 30.3 Å². The number of nitrogens with one attached hydrogen (secondary N) is 2. The van der Waals surface area contributed by atoms with E-state index in [2.05, 4.69) is 96.7 Å². The predicted octanol–water partition coefficient (Wildman–Crippen LogP) is 4.47. The van der Waals surface area contributed by atoms with Crippen molar-refractivity contribution in [3.8, 4) is 0 Å². The Morgan fingerprint density at radius 3 is 2.29 bits per heavy atom. The molecule has 0 radical (unpaired) electrons. The van der Waals surface area contributed by atoms with Crippen molar-refractivity contribution in [3.63, 3.8) is 0 Å². The smallest absolute Gasteiger partial charge is 0.301 e. The number of anilines is 5. The van der Waals surface area contributed by atoms with Crippen LogP contribution in [0.15, 0.2) is 59.1 Å². The maximum atomic E-state index is 5.87. The third-order valence-electron chi connectivity index (χ3n) is 6.11. The first-order chi connectivity index (χ1) is 17.0. The lowest BCUT2D eigenvalue weighted by Gasteiger charge is -2.36. The fourth-order valence-electron chi connectivity index (χ4n) is 4.28. The van der Waals surface area contributed by atoms with Gasteiger partial charge in [0.1, 0.15) is 11.6 Å². The second-order valence-corrected chi connectivity index (χ2v) is 8.69. The van der Waals surface area contributed by atoms with Gasteiger partial charge in [-0.05, 0) is 44.0 Å². The number of nitrogens with zero attached hydrogens (tertiary/aromatic N) is 6. The fourth-order valence-corrected chi connectivity index (χ4v) is 4.28. The zero-order valence-electron chi connectivity index (χ0n) is 20.3. The van der Waals surface area contributed by atoms with Gasteiger partial charge in [-0.15, -0.1) is 0 Å². The summed E-state index contributed by atoms with van der Waals surface area (Å²) in [5.41, 5.74) is 4.75. The number of rotatable bonds is 7. The molecular weight excluding hydrogens is 440 g/mol. The summed E-state index contributed by atoms with van der Waals surface area (Å²) in [5.74, 6) is 2.45. The molecule has 0 aliphatic carbocycles. The summed E-state index contributed by atoms with van der Waals surface area (Å²) in [6, 6.07) is 17.1. The van der Waals surface area contributed by atoms with Gasteiger partial charge in [0, 0.05) is 37.6 Å². The molecule has 180 valence electrons. The molecule has 1 aliphatic heterocycles. The molecule has 35 heavy (non-hydrogen) atoms. The van der Waals surface area contributed by atoms with E-state index in [1.807, 2.05) is 13.0 Å². The van der Waals surface area contributed by atoms with E-state index < -0.39 is 0 Å². The molecule has 2 aromatic carbocycles. The standard InChI is InChI=1S/C26H30N8O/c1-18-8-7-9-19(2)23(18)27-16-22-17-28-26(35-22)32-24-29-20(3)30-25(31-24)34-14-12-33(13-15-34)21-10-5-4-6-11-21/h4-11,17,27H,12-16H2,1-3H3,(H,28,29,30,31,32). The quantitative estimate of drug-likeness (QED) is 0.406. The van der Waals surface area contributed by atoms with Crippen LogP contribution in [-0.4, -0.2) is 46.1 Å². The van der Waals surface area contributed by atoms with Crippen molar-refractivity contribution in [2.24, 2.45) is 0 Å². The van der Waals surface area contributed by atoms with E-state index in [-0.39, 0.29) is 0 Å². The Hall–Kier alpha value is -4.14. The molecule has 5 rings (SSSR count). The highest BCUT2D eigenvalue weighted by molar-refractivity contribution is 5.56. The van der Waals surface area contributed by atoms with E-state index in [0.717, 1.165) is 37.6 Å². The molecule has 1 fully saturated rings. The fraction of sp³-hybridized carbons (Fsp3) is 0.308. The predicted molar refractivity (Wildman–Crippen MR) is 138 cm³/mol. The van der Waals surface area contributed by atoms with Gasteiger partial charge >= 0.3 is 6.01 Å². The maximum Gasteiger partial charge on any atom is 0.301 e. The van der Waals surface area contributed by atoms with Crippen molar-refractivity contribution >= 4 is 29.3 Å². The van der Waals surface area contributed by atoms with Gasteiger partial charge in [0.2, 0.25) is 11.9 Å². The van der Waals surface area contributed by atoms with Crippen molar-refractivity contribution in [1.82, 2.24) is 19.9 Å². The highest BCUT2D eigenvalue weighted by atomic mass is 16.4. The number of hydrogen-bond acceptors (Lipinski definition) is 9. The summed E-state index contributed by atoms with van der Waals surface area (Å²) >= 11 is 0. The molecule has 0 bridgehead atoms. The lowest BCUT2D eigenvalue weighted by Crippen LogP contribution is -2.47. The van der Waals surface area contributed by atoms with Crippen molar-refractivity contribution in [2.45, 2.75) is 27.3 Å². The molecule has 4 aromatic rings. The van der Waals surface area contributed by atoms with Gasteiger partial charge in [0.05, 0.1) is 12.7 Å². The molecule has 0 amide bonds. The Bertz CT molecular complexity index is 1260. The van der Waals surface area contributed by atoms with Crippen molar-refractivity contribution in [2.75, 3.05) is 46.6 Å².